The molecule has 2 rings (SSSR count). The van der Waals surface area contributed by atoms with Crippen molar-refractivity contribution in [2.24, 2.45) is 5.92 Å². The SMILES string of the molecule is Cl.O=S(=O)(NCCC1CCCNC1)c1cc(Br)ccc1F. The largest absolute Gasteiger partial charge is 0.316 e. The van der Waals surface area contributed by atoms with Crippen molar-refractivity contribution < 1.29 is 12.8 Å². The van der Waals surface area contributed by atoms with Crippen molar-refractivity contribution in [3.8, 4) is 0 Å². The number of halogens is 3. The summed E-state index contributed by atoms with van der Waals surface area (Å²) in [6.07, 6.45) is 3.00. The smallest absolute Gasteiger partial charge is 0.243 e. The van der Waals surface area contributed by atoms with Crippen LogP contribution < -0.4 is 10.0 Å². The lowest BCUT2D eigenvalue weighted by Crippen LogP contribution is -2.33. The first-order valence-electron chi connectivity index (χ1n) is 6.64. The Morgan fingerprint density at radius 2 is 2.19 bits per heavy atom. The molecule has 1 fully saturated rings. The molecule has 1 aliphatic heterocycles. The van der Waals surface area contributed by atoms with Crippen LogP contribution in [0, 0.1) is 11.7 Å². The third-order valence-corrected chi connectivity index (χ3v) is 5.40. The van der Waals surface area contributed by atoms with Gasteiger partial charge in [-0.25, -0.2) is 17.5 Å². The van der Waals surface area contributed by atoms with Gasteiger partial charge in [0.2, 0.25) is 10.0 Å². The van der Waals surface area contributed by atoms with Gasteiger partial charge in [0.15, 0.2) is 0 Å². The van der Waals surface area contributed by atoms with Crippen LogP contribution in [0.5, 0.6) is 0 Å². The second-order valence-electron chi connectivity index (χ2n) is 4.97. The van der Waals surface area contributed by atoms with E-state index in [9.17, 15) is 12.8 Å². The summed E-state index contributed by atoms with van der Waals surface area (Å²) in [5.41, 5.74) is 0. The molecule has 1 aromatic carbocycles. The Bertz CT molecular complexity index is 565. The van der Waals surface area contributed by atoms with Crippen LogP contribution in [0.25, 0.3) is 0 Å². The van der Waals surface area contributed by atoms with Crippen molar-refractivity contribution in [3.63, 3.8) is 0 Å². The topological polar surface area (TPSA) is 58.2 Å². The molecule has 1 aromatic rings. The molecule has 2 N–H and O–H groups in total. The van der Waals surface area contributed by atoms with Gasteiger partial charge in [0.05, 0.1) is 0 Å². The summed E-state index contributed by atoms with van der Waals surface area (Å²) in [6, 6.07) is 3.89. The molecular weight excluding hydrogens is 383 g/mol. The Morgan fingerprint density at radius 1 is 1.43 bits per heavy atom. The van der Waals surface area contributed by atoms with E-state index in [4.69, 9.17) is 0 Å². The molecule has 1 aliphatic rings. The van der Waals surface area contributed by atoms with Gasteiger partial charge in [-0.2, -0.15) is 0 Å². The van der Waals surface area contributed by atoms with Gasteiger partial charge in [0.25, 0.3) is 0 Å². The number of rotatable bonds is 5. The van der Waals surface area contributed by atoms with Gasteiger partial charge in [-0.05, 0) is 56.5 Å². The lowest BCUT2D eigenvalue weighted by Gasteiger charge is -2.22. The zero-order chi connectivity index (χ0) is 14.6. The van der Waals surface area contributed by atoms with Gasteiger partial charge >= 0.3 is 0 Å². The molecule has 0 aromatic heterocycles. The lowest BCUT2D eigenvalue weighted by molar-refractivity contribution is 0.358. The van der Waals surface area contributed by atoms with Crippen LogP contribution in [0.3, 0.4) is 0 Å². The highest BCUT2D eigenvalue weighted by molar-refractivity contribution is 9.10. The van der Waals surface area contributed by atoms with E-state index >= 15 is 0 Å². The first kappa shape index (κ1) is 18.8. The average molecular weight is 402 g/mol. The first-order chi connectivity index (χ1) is 9.49. The van der Waals surface area contributed by atoms with Crippen molar-refractivity contribution in [1.29, 1.82) is 0 Å². The number of benzene rings is 1. The standard InChI is InChI=1S/C13H18BrFN2O2S.ClH/c14-11-3-4-12(15)13(8-11)20(18,19)17-7-5-10-2-1-6-16-9-10;/h3-4,8,10,16-17H,1-2,5-7,9H2;1H. The molecule has 1 saturated heterocycles. The van der Waals surface area contributed by atoms with E-state index in [1.807, 2.05) is 0 Å². The fourth-order valence-corrected chi connectivity index (χ4v) is 3.99. The van der Waals surface area contributed by atoms with Crippen molar-refractivity contribution in [2.75, 3.05) is 19.6 Å². The van der Waals surface area contributed by atoms with E-state index in [0.717, 1.165) is 38.4 Å². The molecule has 1 unspecified atom stereocenters. The highest BCUT2D eigenvalue weighted by Gasteiger charge is 2.20. The Labute approximate surface area is 139 Å². The Kier molecular flexibility index (Phi) is 7.56. The van der Waals surface area contributed by atoms with E-state index in [-0.39, 0.29) is 17.3 Å². The number of hydrogen-bond acceptors (Lipinski definition) is 3. The molecule has 120 valence electrons. The van der Waals surface area contributed by atoms with E-state index < -0.39 is 15.8 Å². The number of hydrogen-bond donors (Lipinski definition) is 2. The van der Waals surface area contributed by atoms with Crippen molar-refractivity contribution in [1.82, 2.24) is 10.0 Å². The number of nitrogens with one attached hydrogen (secondary N) is 2. The molecule has 0 amide bonds. The maximum Gasteiger partial charge on any atom is 0.243 e. The van der Waals surface area contributed by atoms with Crippen LogP contribution in [0.1, 0.15) is 19.3 Å². The Morgan fingerprint density at radius 3 is 2.86 bits per heavy atom. The molecule has 0 spiro atoms. The van der Waals surface area contributed by atoms with Crippen LogP contribution in [0.2, 0.25) is 0 Å². The summed E-state index contributed by atoms with van der Waals surface area (Å²) in [7, 11) is -3.79. The lowest BCUT2D eigenvalue weighted by atomic mass is 9.96. The van der Waals surface area contributed by atoms with E-state index in [2.05, 4.69) is 26.0 Å². The molecule has 8 heteroatoms. The van der Waals surface area contributed by atoms with Crippen LogP contribution in [0.15, 0.2) is 27.6 Å². The summed E-state index contributed by atoms with van der Waals surface area (Å²) < 4.78 is 40.7. The van der Waals surface area contributed by atoms with Crippen LogP contribution in [-0.4, -0.2) is 28.1 Å². The second kappa shape index (κ2) is 8.43. The molecular formula is C13H19BrClFN2O2S. The highest BCUT2D eigenvalue weighted by Crippen LogP contribution is 2.20. The van der Waals surface area contributed by atoms with E-state index in [1.54, 1.807) is 0 Å². The summed E-state index contributed by atoms with van der Waals surface area (Å²) in [4.78, 5) is -0.311. The molecule has 21 heavy (non-hydrogen) atoms. The fourth-order valence-electron chi connectivity index (χ4n) is 2.33. The monoisotopic (exact) mass is 400 g/mol. The average Bonchev–Trinajstić information content (AvgIpc) is 2.42. The summed E-state index contributed by atoms with van der Waals surface area (Å²) in [5.74, 6) is -0.251. The van der Waals surface area contributed by atoms with Gasteiger partial charge in [-0.15, -0.1) is 12.4 Å². The van der Waals surface area contributed by atoms with E-state index in [0.29, 0.717) is 16.9 Å². The van der Waals surface area contributed by atoms with Gasteiger partial charge in [-0.1, -0.05) is 15.9 Å². The maximum absolute atomic E-state index is 13.6. The molecule has 4 nitrogen and oxygen atoms in total. The van der Waals surface area contributed by atoms with E-state index in [1.165, 1.54) is 12.1 Å². The maximum atomic E-state index is 13.6. The quantitative estimate of drug-likeness (QED) is 0.797. The van der Waals surface area contributed by atoms with Crippen LogP contribution in [0.4, 0.5) is 4.39 Å². The van der Waals surface area contributed by atoms with Gasteiger partial charge in [0.1, 0.15) is 10.7 Å². The van der Waals surface area contributed by atoms with Crippen molar-refractivity contribution in [3.05, 3.63) is 28.5 Å². The molecule has 1 atom stereocenters. The molecule has 1 heterocycles. The predicted octanol–water partition coefficient (Wildman–Crippen LogP) is 2.68. The molecule has 0 bridgehead atoms. The number of sulfonamides is 1. The fraction of sp³-hybridized carbons (Fsp3) is 0.538. The van der Waals surface area contributed by atoms with Crippen LogP contribution >= 0.6 is 28.3 Å². The second-order valence-corrected chi connectivity index (χ2v) is 7.62. The van der Waals surface area contributed by atoms with Crippen molar-refractivity contribution >= 4 is 38.4 Å². The van der Waals surface area contributed by atoms with Crippen molar-refractivity contribution in [2.45, 2.75) is 24.2 Å². The Hall–Kier alpha value is -0.210. The Balaban J connectivity index is 0.00000220. The third-order valence-electron chi connectivity index (χ3n) is 3.43. The van der Waals surface area contributed by atoms with Gasteiger partial charge in [-0.3, -0.25) is 0 Å². The minimum absolute atomic E-state index is 0. The molecule has 0 radical (unpaired) electrons. The third kappa shape index (κ3) is 5.49. The zero-order valence-corrected chi connectivity index (χ0v) is 14.7. The first-order valence-corrected chi connectivity index (χ1v) is 8.92. The minimum atomic E-state index is -3.79. The normalized spacial score (nSPS) is 19.0. The minimum Gasteiger partial charge on any atom is -0.316 e. The van der Waals surface area contributed by atoms with Crippen LogP contribution in [-0.2, 0) is 10.0 Å². The number of piperidine rings is 1. The summed E-state index contributed by atoms with van der Waals surface area (Å²) in [5, 5.41) is 3.29. The summed E-state index contributed by atoms with van der Waals surface area (Å²) in [6.45, 7) is 2.29. The summed E-state index contributed by atoms with van der Waals surface area (Å²) >= 11 is 3.15. The highest BCUT2D eigenvalue weighted by atomic mass is 79.9. The molecule has 0 saturated carbocycles. The van der Waals surface area contributed by atoms with Gasteiger partial charge < -0.3 is 5.32 Å². The van der Waals surface area contributed by atoms with Gasteiger partial charge in [0, 0.05) is 11.0 Å². The predicted molar refractivity (Wildman–Crippen MR) is 86.7 cm³/mol. The zero-order valence-electron chi connectivity index (χ0n) is 11.4. The molecule has 0 aliphatic carbocycles.